The molecule has 0 aliphatic heterocycles. The molecule has 0 bridgehead atoms. The number of methoxy groups -OCH3 is 2. The fourth-order valence-electron chi connectivity index (χ4n) is 2.59. The molecule has 0 atom stereocenters. The SMILES string of the molecule is COC(=O)CCSc1nc2cc(Cl)ccc2c(=O)n1-c1ccccc1OC. The number of ether oxygens (including phenoxy) is 2. The van der Waals surface area contributed by atoms with Crippen molar-refractivity contribution in [2.24, 2.45) is 0 Å². The molecule has 0 amide bonds. The van der Waals surface area contributed by atoms with Gasteiger partial charge in [-0.15, -0.1) is 0 Å². The Labute approximate surface area is 165 Å². The standard InChI is InChI=1S/C19H17ClN2O4S/c1-25-16-6-4-3-5-15(16)22-18(24)13-8-7-12(20)11-14(13)21-19(22)27-10-9-17(23)26-2/h3-8,11H,9-10H2,1-2H3. The summed E-state index contributed by atoms with van der Waals surface area (Å²) in [7, 11) is 2.89. The van der Waals surface area contributed by atoms with Gasteiger partial charge in [0.15, 0.2) is 5.16 Å². The number of esters is 1. The van der Waals surface area contributed by atoms with Crippen LogP contribution in [0, 0.1) is 0 Å². The Bertz CT molecular complexity index is 1050. The van der Waals surface area contributed by atoms with Crippen LogP contribution < -0.4 is 10.3 Å². The number of halogens is 1. The van der Waals surface area contributed by atoms with E-state index in [1.807, 2.05) is 12.1 Å². The lowest BCUT2D eigenvalue weighted by Crippen LogP contribution is -2.22. The van der Waals surface area contributed by atoms with Crippen LogP contribution in [0.2, 0.25) is 5.02 Å². The van der Waals surface area contributed by atoms with Crippen molar-refractivity contribution >= 4 is 40.2 Å². The maximum absolute atomic E-state index is 13.2. The van der Waals surface area contributed by atoms with Crippen LogP contribution in [0.5, 0.6) is 5.75 Å². The van der Waals surface area contributed by atoms with E-state index in [1.54, 1.807) is 37.4 Å². The Morgan fingerprint density at radius 3 is 2.74 bits per heavy atom. The van der Waals surface area contributed by atoms with Crippen LogP contribution in [-0.2, 0) is 9.53 Å². The van der Waals surface area contributed by atoms with Crippen LogP contribution in [0.1, 0.15) is 6.42 Å². The molecule has 1 heterocycles. The van der Waals surface area contributed by atoms with Crippen molar-refractivity contribution in [2.45, 2.75) is 11.6 Å². The highest BCUT2D eigenvalue weighted by molar-refractivity contribution is 7.99. The zero-order valence-electron chi connectivity index (χ0n) is 14.8. The fraction of sp³-hybridized carbons (Fsp3) is 0.211. The van der Waals surface area contributed by atoms with Gasteiger partial charge in [0, 0.05) is 10.8 Å². The molecule has 27 heavy (non-hydrogen) atoms. The normalized spacial score (nSPS) is 10.8. The number of nitrogens with zero attached hydrogens (tertiary/aromatic N) is 2. The van der Waals surface area contributed by atoms with Crippen LogP contribution in [-0.4, -0.2) is 35.5 Å². The van der Waals surface area contributed by atoms with Gasteiger partial charge in [-0.3, -0.25) is 14.2 Å². The topological polar surface area (TPSA) is 70.4 Å². The molecule has 0 spiro atoms. The van der Waals surface area contributed by atoms with Crippen LogP contribution in [0.4, 0.5) is 0 Å². The maximum atomic E-state index is 13.2. The minimum Gasteiger partial charge on any atom is -0.495 e. The lowest BCUT2D eigenvalue weighted by Gasteiger charge is -2.15. The van der Waals surface area contributed by atoms with Crippen molar-refractivity contribution in [2.75, 3.05) is 20.0 Å². The molecular formula is C19H17ClN2O4S. The van der Waals surface area contributed by atoms with Gasteiger partial charge in [-0.25, -0.2) is 4.98 Å². The summed E-state index contributed by atoms with van der Waals surface area (Å²) in [6.07, 6.45) is 0.205. The second-order valence-electron chi connectivity index (χ2n) is 5.54. The van der Waals surface area contributed by atoms with E-state index in [4.69, 9.17) is 16.3 Å². The van der Waals surface area contributed by atoms with Gasteiger partial charge in [-0.05, 0) is 30.3 Å². The van der Waals surface area contributed by atoms with E-state index in [9.17, 15) is 9.59 Å². The molecule has 140 valence electrons. The fourth-order valence-corrected chi connectivity index (χ4v) is 3.68. The summed E-state index contributed by atoms with van der Waals surface area (Å²) in [5, 5.41) is 1.39. The van der Waals surface area contributed by atoms with E-state index in [0.29, 0.717) is 38.3 Å². The molecule has 0 fully saturated rings. The Morgan fingerprint density at radius 1 is 1.22 bits per heavy atom. The largest absolute Gasteiger partial charge is 0.495 e. The molecule has 0 saturated heterocycles. The molecule has 0 unspecified atom stereocenters. The van der Waals surface area contributed by atoms with Crippen LogP contribution in [0.3, 0.4) is 0 Å². The number of aromatic nitrogens is 2. The van der Waals surface area contributed by atoms with Crippen molar-refractivity contribution < 1.29 is 14.3 Å². The zero-order valence-corrected chi connectivity index (χ0v) is 16.3. The van der Waals surface area contributed by atoms with Gasteiger partial charge >= 0.3 is 5.97 Å². The van der Waals surface area contributed by atoms with Crippen molar-refractivity contribution in [1.29, 1.82) is 0 Å². The van der Waals surface area contributed by atoms with E-state index in [1.165, 1.54) is 23.4 Å². The van der Waals surface area contributed by atoms with Crippen molar-refractivity contribution in [1.82, 2.24) is 9.55 Å². The number of carbonyl (C=O) groups is 1. The zero-order chi connectivity index (χ0) is 19.4. The highest BCUT2D eigenvalue weighted by Gasteiger charge is 2.17. The van der Waals surface area contributed by atoms with Crippen LogP contribution in [0.15, 0.2) is 52.4 Å². The predicted octanol–water partition coefficient (Wildman–Crippen LogP) is 3.70. The Morgan fingerprint density at radius 2 is 2.00 bits per heavy atom. The van der Waals surface area contributed by atoms with Gasteiger partial charge in [-0.1, -0.05) is 35.5 Å². The monoisotopic (exact) mass is 404 g/mol. The molecule has 0 saturated carbocycles. The summed E-state index contributed by atoms with van der Waals surface area (Å²) in [4.78, 5) is 29.2. The van der Waals surface area contributed by atoms with E-state index in [2.05, 4.69) is 9.72 Å². The van der Waals surface area contributed by atoms with Crippen molar-refractivity contribution in [3.8, 4) is 11.4 Å². The summed E-state index contributed by atoms with van der Waals surface area (Å²) >= 11 is 7.35. The summed E-state index contributed by atoms with van der Waals surface area (Å²) in [6, 6.07) is 12.2. The van der Waals surface area contributed by atoms with Crippen molar-refractivity contribution in [3.05, 3.63) is 57.8 Å². The molecule has 3 rings (SSSR count). The number of carbonyl (C=O) groups excluding carboxylic acids is 1. The summed E-state index contributed by atoms with van der Waals surface area (Å²) in [5.41, 5.74) is 0.843. The maximum Gasteiger partial charge on any atom is 0.306 e. The minimum atomic E-state index is -0.322. The van der Waals surface area contributed by atoms with Crippen molar-refractivity contribution in [3.63, 3.8) is 0 Å². The van der Waals surface area contributed by atoms with E-state index in [-0.39, 0.29) is 17.9 Å². The molecule has 0 radical (unpaired) electrons. The predicted molar refractivity (Wildman–Crippen MR) is 106 cm³/mol. The van der Waals surface area contributed by atoms with Gasteiger partial charge in [0.2, 0.25) is 0 Å². The van der Waals surface area contributed by atoms with Gasteiger partial charge < -0.3 is 9.47 Å². The third kappa shape index (κ3) is 4.09. The molecular weight excluding hydrogens is 388 g/mol. The first kappa shape index (κ1) is 19.3. The Balaban J connectivity index is 2.18. The molecule has 1 aromatic heterocycles. The number of hydrogen-bond acceptors (Lipinski definition) is 6. The average Bonchev–Trinajstić information content (AvgIpc) is 2.67. The molecule has 3 aromatic rings. The molecule has 2 aromatic carbocycles. The molecule has 0 N–H and O–H groups in total. The van der Waals surface area contributed by atoms with Crippen LogP contribution in [0.25, 0.3) is 16.6 Å². The first-order valence-corrected chi connectivity index (χ1v) is 9.47. The molecule has 6 nitrogen and oxygen atoms in total. The summed E-state index contributed by atoms with van der Waals surface area (Å²) in [6.45, 7) is 0. The highest BCUT2D eigenvalue weighted by atomic mass is 35.5. The lowest BCUT2D eigenvalue weighted by atomic mass is 10.2. The van der Waals surface area contributed by atoms with Gasteiger partial charge in [-0.2, -0.15) is 0 Å². The second kappa shape index (κ2) is 8.45. The van der Waals surface area contributed by atoms with E-state index < -0.39 is 0 Å². The number of thioether (sulfide) groups is 1. The van der Waals surface area contributed by atoms with Gasteiger partial charge in [0.05, 0.1) is 37.2 Å². The second-order valence-corrected chi connectivity index (χ2v) is 7.04. The third-order valence-electron chi connectivity index (χ3n) is 3.89. The Kier molecular flexibility index (Phi) is 6.03. The average molecular weight is 405 g/mol. The number of para-hydroxylation sites is 2. The number of fused-ring (bicyclic) bond motifs is 1. The first-order valence-electron chi connectivity index (χ1n) is 8.10. The first-order chi connectivity index (χ1) is 13.0. The summed E-state index contributed by atoms with van der Waals surface area (Å²) in [5.74, 6) is 0.641. The number of rotatable bonds is 6. The highest BCUT2D eigenvalue weighted by Crippen LogP contribution is 2.28. The van der Waals surface area contributed by atoms with Gasteiger partial charge in [0.1, 0.15) is 5.75 Å². The number of benzene rings is 2. The summed E-state index contributed by atoms with van der Waals surface area (Å²) < 4.78 is 11.6. The third-order valence-corrected chi connectivity index (χ3v) is 5.07. The number of hydrogen-bond donors (Lipinski definition) is 0. The smallest absolute Gasteiger partial charge is 0.306 e. The van der Waals surface area contributed by atoms with Crippen LogP contribution >= 0.6 is 23.4 Å². The molecule has 0 aliphatic rings. The lowest BCUT2D eigenvalue weighted by molar-refractivity contribution is -0.140. The minimum absolute atomic E-state index is 0.205. The molecule has 0 aliphatic carbocycles. The molecule has 8 heteroatoms. The van der Waals surface area contributed by atoms with E-state index in [0.717, 1.165) is 0 Å². The van der Waals surface area contributed by atoms with Gasteiger partial charge in [0.25, 0.3) is 5.56 Å². The quantitative estimate of drug-likeness (QED) is 0.354. The van der Waals surface area contributed by atoms with E-state index >= 15 is 0 Å². The Hall–Kier alpha value is -2.51.